The van der Waals surface area contributed by atoms with E-state index in [1.807, 2.05) is 0 Å². The Morgan fingerprint density at radius 2 is 1.72 bits per heavy atom. The summed E-state index contributed by atoms with van der Waals surface area (Å²) in [6, 6.07) is 3.81. The Bertz CT molecular complexity index is 571. The van der Waals surface area contributed by atoms with E-state index in [1.54, 1.807) is 0 Å². The van der Waals surface area contributed by atoms with Crippen LogP contribution in [-0.4, -0.2) is 13.2 Å². The molecule has 4 heteroatoms. The third kappa shape index (κ3) is 4.89. The van der Waals surface area contributed by atoms with Crippen molar-refractivity contribution in [2.45, 2.75) is 51.7 Å². The largest absolute Gasteiger partial charge is 0.348 e. The molecule has 0 unspecified atom stereocenters. The van der Waals surface area contributed by atoms with Crippen molar-refractivity contribution in [1.82, 2.24) is 0 Å². The smallest absolute Gasteiger partial charge is 0.183 e. The van der Waals surface area contributed by atoms with Crippen LogP contribution in [0.3, 0.4) is 0 Å². The van der Waals surface area contributed by atoms with Gasteiger partial charge in [-0.25, -0.2) is 8.78 Å². The van der Waals surface area contributed by atoms with Gasteiger partial charge in [0.05, 0.1) is 13.2 Å². The first-order valence-electron chi connectivity index (χ1n) is 9.52. The van der Waals surface area contributed by atoms with E-state index in [0.29, 0.717) is 30.6 Å². The molecule has 0 N–H and O–H groups in total. The van der Waals surface area contributed by atoms with E-state index in [1.165, 1.54) is 44.6 Å². The second-order valence-corrected chi connectivity index (χ2v) is 7.32. The molecular formula is C21H28F2O2. The summed E-state index contributed by atoms with van der Waals surface area (Å²) in [7, 11) is 0. The molecule has 1 aliphatic heterocycles. The second kappa shape index (κ2) is 8.91. The highest BCUT2D eigenvalue weighted by Crippen LogP contribution is 2.37. The number of benzene rings is 1. The van der Waals surface area contributed by atoms with Crippen molar-refractivity contribution >= 4 is 0 Å². The predicted octanol–water partition coefficient (Wildman–Crippen LogP) is 5.79. The van der Waals surface area contributed by atoms with Gasteiger partial charge in [-0.05, 0) is 56.1 Å². The van der Waals surface area contributed by atoms with Crippen molar-refractivity contribution in [2.24, 2.45) is 17.8 Å². The molecule has 138 valence electrons. The molecule has 25 heavy (non-hydrogen) atoms. The molecule has 0 aromatic heterocycles. The number of hydrogen-bond donors (Lipinski definition) is 0. The zero-order valence-electron chi connectivity index (χ0n) is 14.9. The van der Waals surface area contributed by atoms with Crippen LogP contribution in [-0.2, 0) is 9.47 Å². The van der Waals surface area contributed by atoms with Gasteiger partial charge in [-0.3, -0.25) is 0 Å². The molecule has 1 saturated carbocycles. The minimum absolute atomic E-state index is 0.405. The molecule has 2 aliphatic rings. The number of unbranched alkanes of at least 4 members (excludes halogenated alkanes) is 1. The van der Waals surface area contributed by atoms with Gasteiger partial charge >= 0.3 is 0 Å². The van der Waals surface area contributed by atoms with Gasteiger partial charge in [-0.2, -0.15) is 0 Å². The van der Waals surface area contributed by atoms with Crippen LogP contribution in [0.25, 0.3) is 0 Å². The number of rotatable bonds is 5. The Morgan fingerprint density at radius 1 is 1.00 bits per heavy atom. The summed E-state index contributed by atoms with van der Waals surface area (Å²) < 4.78 is 38.0. The molecule has 0 amide bonds. The molecule has 3 rings (SSSR count). The SMILES string of the molecule is CCC/C=C/[C@H]1CC[C@H]([C@H]2CO[C@H](c3ccc(F)c(F)c3)OC2)CC1. The summed E-state index contributed by atoms with van der Waals surface area (Å²) in [6.07, 6.45) is 11.4. The lowest BCUT2D eigenvalue weighted by molar-refractivity contribution is -0.214. The Kier molecular flexibility index (Phi) is 6.60. The fraction of sp³-hybridized carbons (Fsp3) is 0.619. The normalized spacial score (nSPS) is 30.7. The molecule has 2 nitrogen and oxygen atoms in total. The zero-order valence-corrected chi connectivity index (χ0v) is 14.9. The van der Waals surface area contributed by atoms with Crippen LogP contribution in [0.1, 0.15) is 57.3 Å². The maximum absolute atomic E-state index is 13.4. The van der Waals surface area contributed by atoms with E-state index < -0.39 is 17.9 Å². The first-order valence-corrected chi connectivity index (χ1v) is 9.52. The first kappa shape index (κ1) is 18.5. The van der Waals surface area contributed by atoms with Crippen molar-refractivity contribution in [3.8, 4) is 0 Å². The molecule has 0 spiro atoms. The maximum atomic E-state index is 13.4. The lowest BCUT2D eigenvalue weighted by Gasteiger charge is -2.37. The van der Waals surface area contributed by atoms with Crippen molar-refractivity contribution < 1.29 is 18.3 Å². The quantitative estimate of drug-likeness (QED) is 0.626. The molecule has 0 atom stereocenters. The van der Waals surface area contributed by atoms with Gasteiger partial charge in [0, 0.05) is 11.5 Å². The van der Waals surface area contributed by atoms with E-state index >= 15 is 0 Å². The van der Waals surface area contributed by atoms with Gasteiger partial charge in [-0.1, -0.05) is 31.6 Å². The molecule has 1 aromatic rings. The second-order valence-electron chi connectivity index (χ2n) is 7.32. The average molecular weight is 350 g/mol. The van der Waals surface area contributed by atoms with Crippen LogP contribution in [0.5, 0.6) is 0 Å². The van der Waals surface area contributed by atoms with Crippen LogP contribution in [0.15, 0.2) is 30.4 Å². The van der Waals surface area contributed by atoms with Gasteiger partial charge in [0.2, 0.25) is 0 Å². The van der Waals surface area contributed by atoms with Crippen molar-refractivity contribution in [1.29, 1.82) is 0 Å². The van der Waals surface area contributed by atoms with E-state index in [-0.39, 0.29) is 0 Å². The van der Waals surface area contributed by atoms with E-state index in [2.05, 4.69) is 19.1 Å². The van der Waals surface area contributed by atoms with Crippen molar-refractivity contribution in [3.63, 3.8) is 0 Å². The summed E-state index contributed by atoms with van der Waals surface area (Å²) in [4.78, 5) is 0. The van der Waals surface area contributed by atoms with Crippen molar-refractivity contribution in [3.05, 3.63) is 47.5 Å². The molecular weight excluding hydrogens is 322 g/mol. The molecule has 1 saturated heterocycles. The highest BCUT2D eigenvalue weighted by molar-refractivity contribution is 5.19. The standard InChI is InChI=1S/C21H28F2O2/c1-2-3-4-5-15-6-8-16(9-7-15)18-13-24-21(25-14-18)17-10-11-19(22)20(23)12-17/h4-5,10-12,15-16,18,21H,2-3,6-9,13-14H2,1H3/b5-4+/t15-,16-,18-,21-. The summed E-state index contributed by atoms with van der Waals surface area (Å²) in [5, 5.41) is 0. The summed E-state index contributed by atoms with van der Waals surface area (Å²) >= 11 is 0. The van der Waals surface area contributed by atoms with E-state index in [4.69, 9.17) is 9.47 Å². The van der Waals surface area contributed by atoms with Gasteiger partial charge in [0.1, 0.15) is 0 Å². The van der Waals surface area contributed by atoms with Gasteiger partial charge in [0.15, 0.2) is 17.9 Å². The number of allylic oxidation sites excluding steroid dienone is 2. The molecule has 2 fully saturated rings. The molecule has 0 radical (unpaired) electrons. The maximum Gasteiger partial charge on any atom is 0.183 e. The minimum atomic E-state index is -0.860. The molecule has 1 aliphatic carbocycles. The van der Waals surface area contributed by atoms with Crippen LogP contribution in [0, 0.1) is 29.4 Å². The molecule has 0 bridgehead atoms. The van der Waals surface area contributed by atoms with Crippen LogP contribution < -0.4 is 0 Å². The van der Waals surface area contributed by atoms with Crippen LogP contribution >= 0.6 is 0 Å². The third-order valence-electron chi connectivity index (χ3n) is 5.49. The molecule has 1 aromatic carbocycles. The number of halogens is 2. The van der Waals surface area contributed by atoms with Crippen LogP contribution in [0.2, 0.25) is 0 Å². The lowest BCUT2D eigenvalue weighted by atomic mass is 9.76. The molecule has 1 heterocycles. The summed E-state index contributed by atoms with van der Waals surface area (Å²) in [6.45, 7) is 3.47. The van der Waals surface area contributed by atoms with Gasteiger partial charge in [-0.15, -0.1) is 0 Å². The fourth-order valence-corrected chi connectivity index (χ4v) is 3.91. The third-order valence-corrected chi connectivity index (χ3v) is 5.49. The average Bonchev–Trinajstić information content (AvgIpc) is 2.65. The summed E-state index contributed by atoms with van der Waals surface area (Å²) in [5.41, 5.74) is 0.544. The van der Waals surface area contributed by atoms with Gasteiger partial charge in [0.25, 0.3) is 0 Å². The Hall–Kier alpha value is -1.26. The first-order chi connectivity index (χ1) is 12.2. The summed E-state index contributed by atoms with van der Waals surface area (Å²) in [5.74, 6) is 0.0652. The van der Waals surface area contributed by atoms with E-state index in [0.717, 1.165) is 18.1 Å². The highest BCUT2D eigenvalue weighted by atomic mass is 19.2. The number of ether oxygens (including phenoxy) is 2. The van der Waals surface area contributed by atoms with Crippen molar-refractivity contribution in [2.75, 3.05) is 13.2 Å². The van der Waals surface area contributed by atoms with E-state index in [9.17, 15) is 8.78 Å². The minimum Gasteiger partial charge on any atom is -0.348 e. The lowest BCUT2D eigenvalue weighted by Crippen LogP contribution is -2.34. The van der Waals surface area contributed by atoms with Gasteiger partial charge < -0.3 is 9.47 Å². The fourth-order valence-electron chi connectivity index (χ4n) is 3.91. The number of hydrogen-bond acceptors (Lipinski definition) is 2. The Balaban J connectivity index is 1.46. The zero-order chi connectivity index (χ0) is 17.6. The predicted molar refractivity (Wildman–Crippen MR) is 94.0 cm³/mol. The highest BCUT2D eigenvalue weighted by Gasteiger charge is 2.32. The Morgan fingerprint density at radius 3 is 2.36 bits per heavy atom. The topological polar surface area (TPSA) is 18.5 Å². The monoisotopic (exact) mass is 350 g/mol. The Labute approximate surface area is 149 Å². The van der Waals surface area contributed by atoms with Crippen LogP contribution in [0.4, 0.5) is 8.78 Å².